The van der Waals surface area contributed by atoms with Crippen LogP contribution in [0.2, 0.25) is 0 Å². The highest BCUT2D eigenvalue weighted by Gasteiger charge is 2.43. The third-order valence-corrected chi connectivity index (χ3v) is 4.52. The van der Waals surface area contributed by atoms with E-state index in [4.69, 9.17) is 8.92 Å². The van der Waals surface area contributed by atoms with Crippen molar-refractivity contribution in [3.63, 3.8) is 0 Å². The summed E-state index contributed by atoms with van der Waals surface area (Å²) in [5.74, 6) is 0.307. The van der Waals surface area contributed by atoms with Gasteiger partial charge in [-0.1, -0.05) is 13.0 Å². The van der Waals surface area contributed by atoms with Crippen molar-refractivity contribution in [1.29, 1.82) is 0 Å². The monoisotopic (exact) mass is 300 g/mol. The van der Waals surface area contributed by atoms with Crippen LogP contribution in [0.15, 0.2) is 23.5 Å². The third-order valence-electron chi connectivity index (χ3n) is 3.94. The van der Waals surface area contributed by atoms with Gasteiger partial charge in [-0.15, -0.1) is 0 Å². The number of esters is 1. The number of carbonyl (C=O) groups excluding carboxylic acids is 1. The molecule has 0 bridgehead atoms. The molecule has 20 heavy (non-hydrogen) atoms. The van der Waals surface area contributed by atoms with Crippen LogP contribution >= 0.6 is 0 Å². The quantitative estimate of drug-likeness (QED) is 0.591. The molecular formula is C14H20O5S. The van der Waals surface area contributed by atoms with Crippen molar-refractivity contribution >= 4 is 16.1 Å². The SMILES string of the molecule is CC(=O)OC1=CC2=CCC[C@@H](OS(C)(=O)=O)[C@]2(C)CC1. The Morgan fingerprint density at radius 2 is 2.15 bits per heavy atom. The second-order valence-corrected chi connectivity index (χ2v) is 7.25. The number of carbonyl (C=O) groups is 1. The molecule has 5 nitrogen and oxygen atoms in total. The van der Waals surface area contributed by atoms with Gasteiger partial charge in [-0.3, -0.25) is 8.98 Å². The highest BCUT2D eigenvalue weighted by molar-refractivity contribution is 7.86. The van der Waals surface area contributed by atoms with Gasteiger partial charge in [0.15, 0.2) is 0 Å². The number of allylic oxidation sites excluding steroid dienone is 3. The second-order valence-electron chi connectivity index (χ2n) is 5.65. The standard InChI is InChI=1S/C14H20O5S/c1-10(15)18-12-7-8-14(2)11(9-12)5-4-6-13(14)19-20(3,16)17/h5,9,13H,4,6-8H2,1-3H3/t13-,14-/m1/s1. The van der Waals surface area contributed by atoms with Crippen LogP contribution in [-0.4, -0.2) is 26.7 Å². The average molecular weight is 300 g/mol. The molecule has 0 N–H and O–H groups in total. The van der Waals surface area contributed by atoms with Crippen molar-refractivity contribution in [2.24, 2.45) is 5.41 Å². The molecule has 0 fully saturated rings. The Hall–Kier alpha value is -1.14. The van der Waals surface area contributed by atoms with Gasteiger partial charge in [0.2, 0.25) is 0 Å². The molecule has 0 unspecified atom stereocenters. The van der Waals surface area contributed by atoms with E-state index in [-0.39, 0.29) is 17.5 Å². The molecule has 0 radical (unpaired) electrons. The van der Waals surface area contributed by atoms with Gasteiger partial charge in [-0.25, -0.2) is 0 Å². The van der Waals surface area contributed by atoms with Gasteiger partial charge in [0.05, 0.1) is 12.4 Å². The Balaban J connectivity index is 2.26. The van der Waals surface area contributed by atoms with Gasteiger partial charge in [-0.2, -0.15) is 8.42 Å². The fourth-order valence-electron chi connectivity index (χ4n) is 2.92. The minimum atomic E-state index is -3.48. The zero-order valence-electron chi connectivity index (χ0n) is 12.0. The Morgan fingerprint density at radius 1 is 1.45 bits per heavy atom. The van der Waals surface area contributed by atoms with E-state index < -0.39 is 10.1 Å². The van der Waals surface area contributed by atoms with E-state index in [9.17, 15) is 13.2 Å². The normalized spacial score (nSPS) is 30.1. The Bertz CT molecular complexity index is 572. The number of hydrogen-bond acceptors (Lipinski definition) is 5. The van der Waals surface area contributed by atoms with Crippen LogP contribution in [-0.2, 0) is 23.8 Å². The molecule has 0 aromatic carbocycles. The maximum atomic E-state index is 11.4. The first kappa shape index (κ1) is 15.3. The van der Waals surface area contributed by atoms with Crippen LogP contribution in [0.3, 0.4) is 0 Å². The van der Waals surface area contributed by atoms with Gasteiger partial charge in [0.1, 0.15) is 5.76 Å². The van der Waals surface area contributed by atoms with Crippen LogP contribution in [0.5, 0.6) is 0 Å². The fourth-order valence-corrected chi connectivity index (χ4v) is 3.65. The fraction of sp³-hybridized carbons (Fsp3) is 0.643. The van der Waals surface area contributed by atoms with Gasteiger partial charge in [0.25, 0.3) is 10.1 Å². The second kappa shape index (κ2) is 5.33. The number of hydrogen-bond donors (Lipinski definition) is 0. The van der Waals surface area contributed by atoms with Crippen LogP contribution < -0.4 is 0 Å². The number of fused-ring (bicyclic) bond motifs is 1. The Labute approximate surface area is 119 Å². The van der Waals surface area contributed by atoms with Crippen LogP contribution in [0.4, 0.5) is 0 Å². The number of ether oxygens (including phenoxy) is 1. The van der Waals surface area contributed by atoms with Gasteiger partial charge < -0.3 is 4.74 Å². The van der Waals surface area contributed by atoms with E-state index in [2.05, 4.69) is 6.08 Å². The van der Waals surface area contributed by atoms with Crippen LogP contribution in [0.1, 0.15) is 39.5 Å². The molecule has 2 atom stereocenters. The van der Waals surface area contributed by atoms with Crippen molar-refractivity contribution in [1.82, 2.24) is 0 Å². The number of rotatable bonds is 3. The summed E-state index contributed by atoms with van der Waals surface area (Å²) in [7, 11) is -3.48. The lowest BCUT2D eigenvalue weighted by molar-refractivity contribution is -0.137. The summed E-state index contributed by atoms with van der Waals surface area (Å²) in [6.07, 6.45) is 7.41. The highest BCUT2D eigenvalue weighted by Crippen LogP contribution is 2.48. The Kier molecular flexibility index (Phi) is 4.07. The maximum absolute atomic E-state index is 11.4. The van der Waals surface area contributed by atoms with Crippen molar-refractivity contribution in [2.45, 2.75) is 45.6 Å². The minimum absolute atomic E-state index is 0.333. The first-order valence-electron chi connectivity index (χ1n) is 6.68. The van der Waals surface area contributed by atoms with Gasteiger partial charge >= 0.3 is 5.97 Å². The van der Waals surface area contributed by atoms with E-state index in [1.807, 2.05) is 13.0 Å². The molecule has 0 spiro atoms. The average Bonchev–Trinajstić information content (AvgIpc) is 2.29. The van der Waals surface area contributed by atoms with Crippen molar-refractivity contribution in [3.05, 3.63) is 23.5 Å². The molecule has 0 saturated heterocycles. The molecule has 6 heteroatoms. The van der Waals surface area contributed by atoms with Crippen molar-refractivity contribution < 1.29 is 22.1 Å². The summed E-state index contributed by atoms with van der Waals surface area (Å²) in [6, 6.07) is 0. The molecule has 0 aromatic heterocycles. The lowest BCUT2D eigenvalue weighted by atomic mass is 9.66. The summed E-state index contributed by atoms with van der Waals surface area (Å²) >= 11 is 0. The summed E-state index contributed by atoms with van der Waals surface area (Å²) in [4.78, 5) is 11.0. The molecule has 0 amide bonds. The minimum Gasteiger partial charge on any atom is -0.431 e. The van der Waals surface area contributed by atoms with E-state index in [1.165, 1.54) is 6.92 Å². The summed E-state index contributed by atoms with van der Waals surface area (Å²) in [6.45, 7) is 3.38. The van der Waals surface area contributed by atoms with Gasteiger partial charge in [-0.05, 0) is 30.9 Å². The van der Waals surface area contributed by atoms with Crippen LogP contribution in [0.25, 0.3) is 0 Å². The Morgan fingerprint density at radius 3 is 2.75 bits per heavy atom. The van der Waals surface area contributed by atoms with Crippen LogP contribution in [0, 0.1) is 5.41 Å². The van der Waals surface area contributed by atoms with E-state index >= 15 is 0 Å². The topological polar surface area (TPSA) is 69.7 Å². The zero-order chi connectivity index (χ0) is 15.0. The lowest BCUT2D eigenvalue weighted by Gasteiger charge is -2.43. The first-order chi connectivity index (χ1) is 9.21. The summed E-state index contributed by atoms with van der Waals surface area (Å²) in [5, 5.41) is 0. The first-order valence-corrected chi connectivity index (χ1v) is 8.50. The molecule has 112 valence electrons. The predicted molar refractivity (Wildman–Crippen MR) is 74.2 cm³/mol. The van der Waals surface area contributed by atoms with Crippen molar-refractivity contribution in [3.8, 4) is 0 Å². The largest absolute Gasteiger partial charge is 0.431 e. The summed E-state index contributed by atoms with van der Waals surface area (Å²) in [5.41, 5.74) is 0.658. The van der Waals surface area contributed by atoms with E-state index in [1.54, 1.807) is 0 Å². The van der Waals surface area contributed by atoms with Crippen molar-refractivity contribution in [2.75, 3.05) is 6.26 Å². The highest BCUT2D eigenvalue weighted by atomic mass is 32.2. The summed E-state index contributed by atoms with van der Waals surface area (Å²) < 4.78 is 33.2. The van der Waals surface area contributed by atoms with Gasteiger partial charge in [0, 0.05) is 18.8 Å². The maximum Gasteiger partial charge on any atom is 0.307 e. The molecule has 0 aromatic rings. The molecule has 2 rings (SSSR count). The molecule has 0 aliphatic heterocycles. The molecular weight excluding hydrogens is 280 g/mol. The molecule has 2 aliphatic carbocycles. The molecule has 0 heterocycles. The smallest absolute Gasteiger partial charge is 0.307 e. The third kappa shape index (κ3) is 3.30. The lowest BCUT2D eigenvalue weighted by Crippen LogP contribution is -2.41. The molecule has 0 saturated carbocycles. The van der Waals surface area contributed by atoms with E-state index in [0.29, 0.717) is 25.0 Å². The predicted octanol–water partition coefficient (Wildman–Crippen LogP) is 2.30. The zero-order valence-corrected chi connectivity index (χ0v) is 12.8. The van der Waals surface area contributed by atoms with E-state index in [0.717, 1.165) is 18.2 Å². The molecule has 2 aliphatic rings.